The standard InChI is InChI=1S/C16H24N2/c1-5-13(3)15-7-9-16(4,10-8-15)18-12-14(6-2)11-17-18/h7-9,11-13H,5-6,10H2,1-4H3. The van der Waals surface area contributed by atoms with E-state index in [1.54, 1.807) is 0 Å². The lowest BCUT2D eigenvalue weighted by Crippen LogP contribution is -2.29. The van der Waals surface area contributed by atoms with E-state index in [-0.39, 0.29) is 5.54 Å². The Hall–Kier alpha value is -1.31. The van der Waals surface area contributed by atoms with Crippen LogP contribution in [-0.4, -0.2) is 9.78 Å². The highest BCUT2D eigenvalue weighted by Crippen LogP contribution is 2.31. The third-order valence-corrected chi connectivity index (χ3v) is 4.13. The van der Waals surface area contributed by atoms with Gasteiger partial charge in [0, 0.05) is 6.20 Å². The van der Waals surface area contributed by atoms with Gasteiger partial charge in [0.25, 0.3) is 0 Å². The van der Waals surface area contributed by atoms with E-state index in [1.807, 2.05) is 6.20 Å². The zero-order chi connectivity index (χ0) is 13.2. The van der Waals surface area contributed by atoms with Crippen molar-refractivity contribution in [1.82, 2.24) is 9.78 Å². The van der Waals surface area contributed by atoms with Gasteiger partial charge in [0.15, 0.2) is 0 Å². The van der Waals surface area contributed by atoms with Gasteiger partial charge in [-0.05, 0) is 43.2 Å². The zero-order valence-electron chi connectivity index (χ0n) is 12.0. The van der Waals surface area contributed by atoms with Crippen LogP contribution < -0.4 is 0 Å². The maximum atomic E-state index is 4.51. The van der Waals surface area contributed by atoms with Gasteiger partial charge in [-0.1, -0.05) is 39.0 Å². The summed E-state index contributed by atoms with van der Waals surface area (Å²) in [5, 5.41) is 4.51. The van der Waals surface area contributed by atoms with Crippen molar-refractivity contribution in [2.45, 2.75) is 52.5 Å². The summed E-state index contributed by atoms with van der Waals surface area (Å²) in [7, 11) is 0. The monoisotopic (exact) mass is 244 g/mol. The van der Waals surface area contributed by atoms with Crippen molar-refractivity contribution in [3.8, 4) is 0 Å². The van der Waals surface area contributed by atoms with Crippen LogP contribution in [0.5, 0.6) is 0 Å². The number of rotatable bonds is 4. The largest absolute Gasteiger partial charge is 0.262 e. The van der Waals surface area contributed by atoms with Gasteiger partial charge in [-0.3, -0.25) is 4.68 Å². The van der Waals surface area contributed by atoms with Crippen molar-refractivity contribution in [3.05, 3.63) is 41.8 Å². The molecular formula is C16H24N2. The van der Waals surface area contributed by atoms with Crippen molar-refractivity contribution >= 4 is 0 Å². The molecule has 2 rings (SSSR count). The number of hydrogen-bond acceptors (Lipinski definition) is 1. The van der Waals surface area contributed by atoms with E-state index < -0.39 is 0 Å². The van der Waals surface area contributed by atoms with Crippen LogP contribution in [0.1, 0.15) is 46.1 Å². The van der Waals surface area contributed by atoms with E-state index >= 15 is 0 Å². The molecule has 0 saturated heterocycles. The molecule has 0 bridgehead atoms. The molecule has 1 heterocycles. The third-order valence-electron chi connectivity index (χ3n) is 4.13. The average Bonchev–Trinajstić information content (AvgIpc) is 2.88. The molecule has 1 aromatic heterocycles. The fourth-order valence-corrected chi connectivity index (χ4v) is 2.33. The molecule has 98 valence electrons. The molecule has 0 radical (unpaired) electrons. The molecule has 0 amide bonds. The minimum absolute atomic E-state index is 0.00435. The van der Waals surface area contributed by atoms with Crippen molar-refractivity contribution in [2.75, 3.05) is 0 Å². The first kappa shape index (κ1) is 13.1. The molecule has 0 aliphatic heterocycles. The molecular weight excluding hydrogens is 220 g/mol. The van der Waals surface area contributed by atoms with E-state index in [4.69, 9.17) is 0 Å². The first-order valence-corrected chi connectivity index (χ1v) is 7.02. The van der Waals surface area contributed by atoms with E-state index in [1.165, 1.54) is 17.6 Å². The van der Waals surface area contributed by atoms with Gasteiger partial charge < -0.3 is 0 Å². The number of aromatic nitrogens is 2. The quantitative estimate of drug-likeness (QED) is 0.780. The van der Waals surface area contributed by atoms with Gasteiger partial charge in [-0.25, -0.2) is 0 Å². The number of aryl methyl sites for hydroxylation is 1. The van der Waals surface area contributed by atoms with Crippen LogP contribution in [0, 0.1) is 5.92 Å². The third kappa shape index (κ3) is 2.43. The lowest BCUT2D eigenvalue weighted by Gasteiger charge is -2.29. The average molecular weight is 244 g/mol. The smallest absolute Gasteiger partial charge is 0.0816 e. The van der Waals surface area contributed by atoms with Crippen LogP contribution in [0.2, 0.25) is 0 Å². The second kappa shape index (κ2) is 5.13. The highest BCUT2D eigenvalue weighted by Gasteiger charge is 2.26. The predicted molar refractivity (Wildman–Crippen MR) is 76.5 cm³/mol. The summed E-state index contributed by atoms with van der Waals surface area (Å²) in [5.41, 5.74) is 2.78. The lowest BCUT2D eigenvalue weighted by molar-refractivity contribution is 0.366. The molecule has 1 aliphatic carbocycles. The number of nitrogens with zero attached hydrogens (tertiary/aromatic N) is 2. The maximum Gasteiger partial charge on any atom is 0.0816 e. The second-order valence-electron chi connectivity index (χ2n) is 5.55. The Morgan fingerprint density at radius 3 is 2.72 bits per heavy atom. The summed E-state index contributed by atoms with van der Waals surface area (Å²) in [5.74, 6) is 0.662. The molecule has 18 heavy (non-hydrogen) atoms. The Labute approximate surface area is 110 Å². The van der Waals surface area contributed by atoms with E-state index in [0.717, 1.165) is 12.8 Å². The minimum atomic E-state index is 0.00435. The van der Waals surface area contributed by atoms with Gasteiger partial charge in [-0.15, -0.1) is 0 Å². The summed E-state index contributed by atoms with van der Waals surface area (Å²) in [6.07, 6.45) is 14.4. The van der Waals surface area contributed by atoms with Crippen LogP contribution in [-0.2, 0) is 12.0 Å². The summed E-state index contributed by atoms with van der Waals surface area (Å²) >= 11 is 0. The lowest BCUT2D eigenvalue weighted by atomic mass is 9.86. The normalized spacial score (nSPS) is 25.0. The van der Waals surface area contributed by atoms with Crippen LogP contribution in [0.25, 0.3) is 0 Å². The second-order valence-corrected chi connectivity index (χ2v) is 5.55. The molecule has 2 atom stereocenters. The van der Waals surface area contributed by atoms with Crippen LogP contribution in [0.3, 0.4) is 0 Å². The fourth-order valence-electron chi connectivity index (χ4n) is 2.33. The topological polar surface area (TPSA) is 17.8 Å². The molecule has 0 saturated carbocycles. The molecule has 2 unspecified atom stereocenters. The van der Waals surface area contributed by atoms with E-state index in [2.05, 4.69) is 61.9 Å². The Balaban J connectivity index is 2.17. The SMILES string of the molecule is CCc1cnn(C2(C)C=CC(C(C)CC)=CC2)c1. The van der Waals surface area contributed by atoms with Crippen LogP contribution >= 0.6 is 0 Å². The molecule has 0 aromatic carbocycles. The number of allylic oxidation sites excluding steroid dienone is 4. The zero-order valence-corrected chi connectivity index (χ0v) is 12.0. The highest BCUT2D eigenvalue weighted by molar-refractivity contribution is 5.29. The molecule has 0 spiro atoms. The van der Waals surface area contributed by atoms with Crippen molar-refractivity contribution in [2.24, 2.45) is 5.92 Å². The van der Waals surface area contributed by atoms with Gasteiger partial charge in [0.05, 0.1) is 11.7 Å². The molecule has 0 N–H and O–H groups in total. The summed E-state index contributed by atoms with van der Waals surface area (Å²) in [4.78, 5) is 0. The van der Waals surface area contributed by atoms with E-state index in [9.17, 15) is 0 Å². The number of hydrogen-bond donors (Lipinski definition) is 0. The molecule has 0 fully saturated rings. The van der Waals surface area contributed by atoms with Gasteiger partial charge >= 0.3 is 0 Å². The molecule has 1 aromatic rings. The summed E-state index contributed by atoms with van der Waals surface area (Å²) in [6.45, 7) is 8.96. The Morgan fingerprint density at radius 1 is 1.44 bits per heavy atom. The highest BCUT2D eigenvalue weighted by atomic mass is 15.3. The van der Waals surface area contributed by atoms with Crippen molar-refractivity contribution in [1.29, 1.82) is 0 Å². The first-order valence-electron chi connectivity index (χ1n) is 7.02. The Bertz CT molecular complexity index is 467. The van der Waals surface area contributed by atoms with Gasteiger partial charge in [-0.2, -0.15) is 5.10 Å². The maximum absolute atomic E-state index is 4.51. The molecule has 2 heteroatoms. The minimum Gasteiger partial charge on any atom is -0.262 e. The fraction of sp³-hybridized carbons (Fsp3) is 0.562. The Morgan fingerprint density at radius 2 is 2.22 bits per heavy atom. The van der Waals surface area contributed by atoms with Gasteiger partial charge in [0.2, 0.25) is 0 Å². The van der Waals surface area contributed by atoms with Crippen LogP contribution in [0.15, 0.2) is 36.2 Å². The predicted octanol–water partition coefficient (Wildman–Crippen LogP) is 4.09. The summed E-state index contributed by atoms with van der Waals surface area (Å²) < 4.78 is 2.10. The van der Waals surface area contributed by atoms with E-state index in [0.29, 0.717) is 5.92 Å². The van der Waals surface area contributed by atoms with Crippen LogP contribution in [0.4, 0.5) is 0 Å². The molecule has 2 nitrogen and oxygen atoms in total. The van der Waals surface area contributed by atoms with Crippen molar-refractivity contribution < 1.29 is 0 Å². The van der Waals surface area contributed by atoms with Crippen molar-refractivity contribution in [3.63, 3.8) is 0 Å². The molecule has 1 aliphatic rings. The van der Waals surface area contributed by atoms with Gasteiger partial charge in [0.1, 0.15) is 0 Å². The Kier molecular flexibility index (Phi) is 3.74. The summed E-state index contributed by atoms with van der Waals surface area (Å²) in [6, 6.07) is 0. The first-order chi connectivity index (χ1) is 8.59.